The van der Waals surface area contributed by atoms with Crippen LogP contribution >= 0.6 is 11.3 Å². The van der Waals surface area contributed by atoms with Crippen molar-refractivity contribution in [1.29, 1.82) is 0 Å². The van der Waals surface area contributed by atoms with Crippen molar-refractivity contribution in [2.75, 3.05) is 5.73 Å². The predicted octanol–water partition coefficient (Wildman–Crippen LogP) is 2.42. The number of carbonyl (C=O) groups is 1. The smallest absolute Gasteiger partial charge is 0.274 e. The molecule has 0 bridgehead atoms. The van der Waals surface area contributed by atoms with Crippen molar-refractivity contribution in [3.05, 3.63) is 33.3 Å². The van der Waals surface area contributed by atoms with Crippen LogP contribution in [0.25, 0.3) is 0 Å². The number of anilines is 1. The van der Waals surface area contributed by atoms with Crippen molar-refractivity contribution in [2.45, 2.75) is 33.2 Å². The normalized spacial score (nSPS) is 10.9. The Morgan fingerprint density at radius 1 is 1.58 bits per heavy atom. The number of rotatable bonds is 4. The van der Waals surface area contributed by atoms with E-state index in [0.29, 0.717) is 12.2 Å². The zero-order valence-electron chi connectivity index (χ0n) is 11.3. The number of nitrogen functional groups attached to an aromatic ring is 1. The molecule has 2 aromatic heterocycles. The van der Waals surface area contributed by atoms with Crippen molar-refractivity contribution >= 4 is 22.9 Å². The molecule has 0 saturated carbocycles. The molecule has 0 spiro atoms. The topological polar surface area (TPSA) is 83.8 Å². The maximum atomic E-state index is 12.0. The van der Waals surface area contributed by atoms with Gasteiger partial charge in [0.05, 0.1) is 17.9 Å². The van der Waals surface area contributed by atoms with Gasteiger partial charge >= 0.3 is 0 Å². The molecular formula is C13H18N4OS. The van der Waals surface area contributed by atoms with Crippen LogP contribution in [0.1, 0.15) is 46.4 Å². The second-order valence-electron chi connectivity index (χ2n) is 4.76. The van der Waals surface area contributed by atoms with Gasteiger partial charge in [0.25, 0.3) is 5.91 Å². The summed E-state index contributed by atoms with van der Waals surface area (Å²) in [6.07, 6.45) is 0. The van der Waals surface area contributed by atoms with Crippen LogP contribution in [0, 0.1) is 6.92 Å². The van der Waals surface area contributed by atoms with Gasteiger partial charge in [0.15, 0.2) is 5.69 Å². The minimum atomic E-state index is -0.242. The van der Waals surface area contributed by atoms with E-state index in [1.54, 1.807) is 11.3 Å². The molecule has 19 heavy (non-hydrogen) atoms. The summed E-state index contributed by atoms with van der Waals surface area (Å²) in [6.45, 7) is 6.53. The Hall–Kier alpha value is -1.82. The molecule has 0 aromatic carbocycles. The van der Waals surface area contributed by atoms with E-state index < -0.39 is 0 Å². The summed E-state index contributed by atoms with van der Waals surface area (Å²) in [5.41, 5.74) is 8.63. The highest BCUT2D eigenvalue weighted by atomic mass is 32.1. The Balaban J connectivity index is 2.06. The van der Waals surface area contributed by atoms with Gasteiger partial charge in [-0.2, -0.15) is 5.10 Å². The fourth-order valence-electron chi connectivity index (χ4n) is 1.81. The Bertz CT molecular complexity index is 585. The van der Waals surface area contributed by atoms with Gasteiger partial charge in [-0.1, -0.05) is 13.8 Å². The van der Waals surface area contributed by atoms with Gasteiger partial charge in [-0.25, -0.2) is 0 Å². The molecule has 4 N–H and O–H groups in total. The molecule has 102 valence electrons. The molecule has 0 aliphatic carbocycles. The van der Waals surface area contributed by atoms with Crippen LogP contribution in [0.3, 0.4) is 0 Å². The molecule has 2 rings (SSSR count). The molecule has 0 aliphatic rings. The number of hydrogen-bond acceptors (Lipinski definition) is 4. The second-order valence-corrected chi connectivity index (χ2v) is 5.76. The van der Waals surface area contributed by atoms with Gasteiger partial charge in [-0.15, -0.1) is 11.3 Å². The molecule has 0 saturated heterocycles. The Morgan fingerprint density at radius 3 is 2.84 bits per heavy atom. The average molecular weight is 278 g/mol. The summed E-state index contributed by atoms with van der Waals surface area (Å²) in [4.78, 5) is 13.2. The van der Waals surface area contributed by atoms with Gasteiger partial charge < -0.3 is 11.1 Å². The van der Waals surface area contributed by atoms with Crippen LogP contribution in [0.4, 0.5) is 5.69 Å². The first-order valence-corrected chi connectivity index (χ1v) is 7.03. The third-order valence-corrected chi connectivity index (χ3v) is 4.03. The van der Waals surface area contributed by atoms with Crippen LogP contribution in [0.15, 0.2) is 11.4 Å². The highest BCUT2D eigenvalue weighted by molar-refractivity contribution is 7.10. The van der Waals surface area contributed by atoms with E-state index >= 15 is 0 Å². The fraction of sp³-hybridized carbons (Fsp3) is 0.385. The predicted molar refractivity (Wildman–Crippen MR) is 77.3 cm³/mol. The van der Waals surface area contributed by atoms with E-state index in [9.17, 15) is 4.79 Å². The van der Waals surface area contributed by atoms with Crippen molar-refractivity contribution in [3.8, 4) is 0 Å². The summed E-state index contributed by atoms with van der Waals surface area (Å²) in [6, 6.07) is 2.03. The van der Waals surface area contributed by atoms with E-state index in [1.165, 1.54) is 5.56 Å². The molecule has 1 amide bonds. The number of hydrogen-bond donors (Lipinski definition) is 3. The molecule has 6 heteroatoms. The molecule has 5 nitrogen and oxygen atoms in total. The van der Waals surface area contributed by atoms with Gasteiger partial charge in [0.1, 0.15) is 0 Å². The third kappa shape index (κ3) is 2.78. The minimum absolute atomic E-state index is 0.216. The quantitative estimate of drug-likeness (QED) is 0.803. The molecule has 2 aromatic rings. The summed E-state index contributed by atoms with van der Waals surface area (Å²) >= 11 is 1.63. The molecule has 0 fully saturated rings. The van der Waals surface area contributed by atoms with Crippen molar-refractivity contribution in [3.63, 3.8) is 0 Å². The Morgan fingerprint density at radius 2 is 2.32 bits per heavy atom. The minimum Gasteiger partial charge on any atom is -0.395 e. The highest BCUT2D eigenvalue weighted by Gasteiger charge is 2.18. The second kappa shape index (κ2) is 5.44. The zero-order chi connectivity index (χ0) is 14.0. The summed E-state index contributed by atoms with van der Waals surface area (Å²) in [7, 11) is 0. The van der Waals surface area contributed by atoms with Crippen LogP contribution in [0.2, 0.25) is 0 Å². The van der Waals surface area contributed by atoms with Crippen molar-refractivity contribution in [2.24, 2.45) is 0 Å². The number of aryl methyl sites for hydroxylation is 1. The van der Waals surface area contributed by atoms with Crippen LogP contribution < -0.4 is 11.1 Å². The number of nitrogens with one attached hydrogen (secondary N) is 2. The lowest BCUT2D eigenvalue weighted by atomic mass is 10.1. The Kier molecular flexibility index (Phi) is 3.90. The lowest BCUT2D eigenvalue weighted by molar-refractivity contribution is 0.0947. The van der Waals surface area contributed by atoms with Gasteiger partial charge in [-0.3, -0.25) is 9.89 Å². The number of amides is 1. The van der Waals surface area contributed by atoms with Crippen LogP contribution in [-0.4, -0.2) is 16.1 Å². The number of H-pyrrole nitrogens is 1. The van der Waals surface area contributed by atoms with Crippen molar-refractivity contribution in [1.82, 2.24) is 15.5 Å². The number of nitrogens with two attached hydrogens (primary N) is 1. The Labute approximate surface area is 116 Å². The third-order valence-electron chi connectivity index (χ3n) is 3.00. The standard InChI is InChI=1S/C13H18N4OS/c1-7(2)11-10(14)12(17-16-11)13(18)15-6-9-8(3)4-5-19-9/h4-5,7H,6,14H2,1-3H3,(H,15,18)(H,16,17). The molecular weight excluding hydrogens is 260 g/mol. The maximum Gasteiger partial charge on any atom is 0.274 e. The molecule has 0 unspecified atom stereocenters. The molecule has 0 radical (unpaired) electrons. The fourth-order valence-corrected chi connectivity index (χ4v) is 2.65. The summed E-state index contributed by atoms with van der Waals surface area (Å²) in [5.74, 6) is -0.0259. The lowest BCUT2D eigenvalue weighted by Crippen LogP contribution is -2.24. The van der Waals surface area contributed by atoms with E-state index in [0.717, 1.165) is 10.6 Å². The average Bonchev–Trinajstić information content (AvgIpc) is 2.92. The SMILES string of the molecule is Cc1ccsc1CNC(=O)c1n[nH]c(C(C)C)c1N. The zero-order valence-corrected chi connectivity index (χ0v) is 12.1. The molecule has 0 aliphatic heterocycles. The van der Waals surface area contributed by atoms with Gasteiger partial charge in [0.2, 0.25) is 0 Å². The number of carbonyl (C=O) groups excluding carboxylic acids is 1. The van der Waals surface area contributed by atoms with E-state index in [4.69, 9.17) is 5.73 Å². The first-order valence-electron chi connectivity index (χ1n) is 6.15. The van der Waals surface area contributed by atoms with Crippen LogP contribution in [-0.2, 0) is 6.54 Å². The van der Waals surface area contributed by atoms with Crippen molar-refractivity contribution < 1.29 is 4.79 Å². The molecule has 2 heterocycles. The monoisotopic (exact) mass is 278 g/mol. The number of nitrogens with zero attached hydrogens (tertiary/aromatic N) is 1. The highest BCUT2D eigenvalue weighted by Crippen LogP contribution is 2.22. The first kappa shape index (κ1) is 13.6. The largest absolute Gasteiger partial charge is 0.395 e. The lowest BCUT2D eigenvalue weighted by Gasteiger charge is -2.04. The first-order chi connectivity index (χ1) is 9.00. The number of aromatic nitrogens is 2. The van der Waals surface area contributed by atoms with Crippen LogP contribution in [0.5, 0.6) is 0 Å². The van der Waals surface area contributed by atoms with E-state index in [-0.39, 0.29) is 17.5 Å². The van der Waals surface area contributed by atoms with E-state index in [2.05, 4.69) is 15.5 Å². The summed E-state index contributed by atoms with van der Waals surface area (Å²) in [5, 5.41) is 11.7. The van der Waals surface area contributed by atoms with Gasteiger partial charge in [0, 0.05) is 4.88 Å². The van der Waals surface area contributed by atoms with Gasteiger partial charge in [-0.05, 0) is 29.9 Å². The number of thiophene rings is 1. The maximum absolute atomic E-state index is 12.0. The molecule has 0 atom stereocenters. The van der Waals surface area contributed by atoms with E-state index in [1.807, 2.05) is 32.2 Å². The number of aromatic amines is 1. The summed E-state index contributed by atoms with van der Waals surface area (Å²) < 4.78 is 0.